The molecule has 1 aliphatic heterocycles. The zero-order valence-electron chi connectivity index (χ0n) is 16.7. The third kappa shape index (κ3) is 3.79. The van der Waals surface area contributed by atoms with Crippen LogP contribution >= 0.6 is 0 Å². The number of aromatic nitrogens is 2. The maximum absolute atomic E-state index is 13.3. The first kappa shape index (κ1) is 20.4. The lowest BCUT2D eigenvalue weighted by Crippen LogP contribution is -2.35. The number of anilines is 1. The number of nitrogens with zero attached hydrogens (tertiary/aromatic N) is 3. The SMILES string of the molecule is CN(C)c1cccc(-c2nnc(C3(c4cccc(C(F)(F)F)c4)CCOCC3)o2)c1. The Kier molecular flexibility index (Phi) is 5.27. The number of alkyl halides is 3. The summed E-state index contributed by atoms with van der Waals surface area (Å²) in [5.74, 6) is 0.655. The number of halogens is 3. The summed E-state index contributed by atoms with van der Waals surface area (Å²) in [5.41, 5.74) is 0.739. The highest BCUT2D eigenvalue weighted by Gasteiger charge is 2.43. The lowest BCUT2D eigenvalue weighted by Gasteiger charge is -2.34. The molecule has 30 heavy (non-hydrogen) atoms. The van der Waals surface area contributed by atoms with Gasteiger partial charge < -0.3 is 14.1 Å². The molecule has 1 aromatic heterocycles. The number of ether oxygens (including phenoxy) is 1. The maximum Gasteiger partial charge on any atom is 0.416 e. The quantitative estimate of drug-likeness (QED) is 0.603. The molecule has 0 spiro atoms. The molecule has 0 radical (unpaired) electrons. The molecule has 0 N–H and O–H groups in total. The largest absolute Gasteiger partial charge is 0.420 e. The number of hydrogen-bond donors (Lipinski definition) is 0. The molecule has 0 aliphatic carbocycles. The second-order valence-electron chi connectivity index (χ2n) is 7.63. The Hall–Kier alpha value is -2.87. The van der Waals surface area contributed by atoms with Crippen LogP contribution in [0.15, 0.2) is 52.9 Å². The minimum Gasteiger partial charge on any atom is -0.420 e. The molecule has 1 saturated heterocycles. The van der Waals surface area contributed by atoms with Crippen molar-refractivity contribution in [1.82, 2.24) is 10.2 Å². The fourth-order valence-corrected chi connectivity index (χ4v) is 3.79. The molecule has 2 heterocycles. The van der Waals surface area contributed by atoms with E-state index in [1.165, 1.54) is 12.1 Å². The Morgan fingerprint density at radius 2 is 1.70 bits per heavy atom. The van der Waals surface area contributed by atoms with Crippen molar-refractivity contribution in [1.29, 1.82) is 0 Å². The molecule has 158 valence electrons. The molecule has 4 rings (SSSR count). The molecule has 0 atom stereocenters. The summed E-state index contributed by atoms with van der Waals surface area (Å²) < 4.78 is 51.5. The molecule has 0 saturated carbocycles. The molecular weight excluding hydrogens is 395 g/mol. The van der Waals surface area contributed by atoms with E-state index in [-0.39, 0.29) is 0 Å². The van der Waals surface area contributed by atoms with Crippen LogP contribution in [0.3, 0.4) is 0 Å². The highest BCUT2D eigenvalue weighted by molar-refractivity contribution is 5.61. The van der Waals surface area contributed by atoms with Gasteiger partial charge in [0, 0.05) is 38.6 Å². The van der Waals surface area contributed by atoms with Gasteiger partial charge in [-0.2, -0.15) is 13.2 Å². The van der Waals surface area contributed by atoms with Crippen LogP contribution in [0.2, 0.25) is 0 Å². The third-order valence-corrected chi connectivity index (χ3v) is 5.53. The van der Waals surface area contributed by atoms with Crippen LogP contribution in [0.25, 0.3) is 11.5 Å². The summed E-state index contributed by atoms with van der Waals surface area (Å²) in [7, 11) is 3.87. The van der Waals surface area contributed by atoms with Crippen molar-refractivity contribution >= 4 is 5.69 Å². The topological polar surface area (TPSA) is 51.4 Å². The fourth-order valence-electron chi connectivity index (χ4n) is 3.79. The van der Waals surface area contributed by atoms with Crippen LogP contribution < -0.4 is 4.90 Å². The van der Waals surface area contributed by atoms with E-state index in [1.807, 2.05) is 43.3 Å². The zero-order chi connectivity index (χ0) is 21.4. The highest BCUT2D eigenvalue weighted by Crippen LogP contribution is 2.43. The van der Waals surface area contributed by atoms with Crippen molar-refractivity contribution in [3.05, 3.63) is 65.5 Å². The highest BCUT2D eigenvalue weighted by atomic mass is 19.4. The average molecular weight is 417 g/mol. The summed E-state index contributed by atoms with van der Waals surface area (Å²) in [6, 6.07) is 13.0. The van der Waals surface area contributed by atoms with Gasteiger partial charge in [0.2, 0.25) is 11.8 Å². The van der Waals surface area contributed by atoms with Gasteiger partial charge in [-0.15, -0.1) is 10.2 Å². The van der Waals surface area contributed by atoms with E-state index in [0.29, 0.717) is 43.4 Å². The van der Waals surface area contributed by atoms with Crippen LogP contribution in [-0.2, 0) is 16.3 Å². The third-order valence-electron chi connectivity index (χ3n) is 5.53. The minimum atomic E-state index is -4.42. The van der Waals surface area contributed by atoms with Crippen molar-refractivity contribution in [2.45, 2.75) is 24.4 Å². The van der Waals surface area contributed by atoms with Crippen LogP contribution in [0.5, 0.6) is 0 Å². The summed E-state index contributed by atoms with van der Waals surface area (Å²) in [6.07, 6.45) is -3.49. The number of rotatable bonds is 4. The van der Waals surface area contributed by atoms with E-state index < -0.39 is 17.2 Å². The standard InChI is InChI=1S/C22H22F3N3O2/c1-28(2)18-8-3-5-15(13-18)19-26-27-20(30-19)21(9-11-29-12-10-21)16-6-4-7-17(14-16)22(23,24)25/h3-8,13-14H,9-12H2,1-2H3. The molecule has 5 nitrogen and oxygen atoms in total. The van der Waals surface area contributed by atoms with Gasteiger partial charge in [0.05, 0.1) is 11.0 Å². The summed E-state index contributed by atoms with van der Waals surface area (Å²) >= 11 is 0. The average Bonchev–Trinajstić information content (AvgIpc) is 3.25. The van der Waals surface area contributed by atoms with Crippen LogP contribution in [-0.4, -0.2) is 37.5 Å². The van der Waals surface area contributed by atoms with Crippen LogP contribution in [0.4, 0.5) is 18.9 Å². The Balaban J connectivity index is 1.77. The van der Waals surface area contributed by atoms with E-state index in [1.54, 1.807) is 6.07 Å². The molecule has 0 bridgehead atoms. The van der Waals surface area contributed by atoms with Gasteiger partial charge in [-0.3, -0.25) is 0 Å². The van der Waals surface area contributed by atoms with Crippen molar-refractivity contribution in [2.75, 3.05) is 32.2 Å². The van der Waals surface area contributed by atoms with Crippen molar-refractivity contribution in [2.24, 2.45) is 0 Å². The second kappa shape index (κ2) is 7.75. The first-order valence-electron chi connectivity index (χ1n) is 9.67. The number of hydrogen-bond acceptors (Lipinski definition) is 5. The summed E-state index contributed by atoms with van der Waals surface area (Å²) in [4.78, 5) is 1.96. The maximum atomic E-state index is 13.3. The van der Waals surface area contributed by atoms with Gasteiger partial charge in [-0.25, -0.2) is 0 Å². The normalized spacial score (nSPS) is 16.4. The molecule has 1 fully saturated rings. The molecule has 1 aliphatic rings. The molecule has 3 aromatic rings. The predicted molar refractivity (Wildman–Crippen MR) is 106 cm³/mol. The minimum absolute atomic E-state index is 0.315. The predicted octanol–water partition coefficient (Wildman–Crippen LogP) is 4.92. The molecule has 0 unspecified atom stereocenters. The van der Waals surface area contributed by atoms with E-state index >= 15 is 0 Å². The Bertz CT molecular complexity index is 1020. The van der Waals surface area contributed by atoms with Crippen molar-refractivity contribution < 1.29 is 22.3 Å². The van der Waals surface area contributed by atoms with E-state index in [0.717, 1.165) is 17.3 Å². The van der Waals surface area contributed by atoms with E-state index in [2.05, 4.69) is 10.2 Å². The lowest BCUT2D eigenvalue weighted by atomic mass is 9.73. The second-order valence-corrected chi connectivity index (χ2v) is 7.63. The molecule has 0 amide bonds. The van der Waals surface area contributed by atoms with Gasteiger partial charge in [-0.05, 0) is 42.7 Å². The fraction of sp³-hybridized carbons (Fsp3) is 0.364. The Labute approximate surface area is 172 Å². The van der Waals surface area contributed by atoms with Crippen molar-refractivity contribution in [3.63, 3.8) is 0 Å². The summed E-state index contributed by atoms with van der Waals surface area (Å²) in [5, 5.41) is 8.47. The van der Waals surface area contributed by atoms with Gasteiger partial charge in [0.15, 0.2) is 0 Å². The van der Waals surface area contributed by atoms with E-state index in [4.69, 9.17) is 9.15 Å². The number of benzene rings is 2. The molecule has 2 aromatic carbocycles. The molecular formula is C22H22F3N3O2. The van der Waals surface area contributed by atoms with E-state index in [9.17, 15) is 13.2 Å². The first-order chi connectivity index (χ1) is 14.3. The van der Waals surface area contributed by atoms with Crippen LogP contribution in [0.1, 0.15) is 29.9 Å². The summed E-state index contributed by atoms with van der Waals surface area (Å²) in [6.45, 7) is 0.814. The molecule has 8 heteroatoms. The Morgan fingerprint density at radius 1 is 0.967 bits per heavy atom. The van der Waals surface area contributed by atoms with Crippen molar-refractivity contribution in [3.8, 4) is 11.5 Å². The van der Waals surface area contributed by atoms with Crippen LogP contribution in [0, 0.1) is 0 Å². The lowest BCUT2D eigenvalue weighted by molar-refractivity contribution is -0.137. The zero-order valence-corrected chi connectivity index (χ0v) is 16.7. The van der Waals surface area contributed by atoms with Gasteiger partial charge >= 0.3 is 6.18 Å². The first-order valence-corrected chi connectivity index (χ1v) is 9.67. The monoisotopic (exact) mass is 417 g/mol. The Morgan fingerprint density at radius 3 is 2.40 bits per heavy atom. The van der Waals surface area contributed by atoms with Gasteiger partial charge in [-0.1, -0.05) is 24.3 Å². The van der Waals surface area contributed by atoms with Gasteiger partial charge in [0.1, 0.15) is 0 Å². The smallest absolute Gasteiger partial charge is 0.416 e. The van der Waals surface area contributed by atoms with Gasteiger partial charge in [0.25, 0.3) is 0 Å².